The van der Waals surface area contributed by atoms with Gasteiger partial charge in [0.1, 0.15) is 5.78 Å². The summed E-state index contributed by atoms with van der Waals surface area (Å²) < 4.78 is 4.73. The number of ketones is 1. The summed E-state index contributed by atoms with van der Waals surface area (Å²) in [7, 11) is 0. The minimum absolute atomic E-state index is 0.0677. The van der Waals surface area contributed by atoms with Crippen LogP contribution >= 0.6 is 0 Å². The number of esters is 2. The van der Waals surface area contributed by atoms with Crippen LogP contribution in [0.3, 0.4) is 0 Å². The van der Waals surface area contributed by atoms with Crippen LogP contribution in [0.15, 0.2) is 0 Å². The first kappa shape index (κ1) is 31.3. The Bertz CT molecular complexity index is 770. The van der Waals surface area contributed by atoms with Gasteiger partial charge in [0.15, 0.2) is 0 Å². The van der Waals surface area contributed by atoms with Gasteiger partial charge < -0.3 is 9.84 Å². The Morgan fingerprint density at radius 3 is 2.00 bits per heavy atom. The van der Waals surface area contributed by atoms with Crippen molar-refractivity contribution in [3.8, 4) is 0 Å². The maximum absolute atomic E-state index is 11.9. The minimum Gasteiger partial charge on any atom is -0.393 e. The molecule has 0 aromatic heterocycles. The lowest BCUT2D eigenvalue weighted by Crippen LogP contribution is -2.54. The lowest BCUT2D eigenvalue weighted by molar-refractivity contribution is -0.159. The van der Waals surface area contributed by atoms with Crippen LogP contribution < -0.4 is 0 Å². The third-order valence-corrected chi connectivity index (χ3v) is 11.1. The van der Waals surface area contributed by atoms with Gasteiger partial charge in [-0.25, -0.2) is 0 Å². The summed E-state index contributed by atoms with van der Waals surface area (Å²) in [6.45, 7) is 9.09. The zero-order valence-electron chi connectivity index (χ0n) is 24.9. The van der Waals surface area contributed by atoms with Gasteiger partial charge in [0.05, 0.1) is 6.10 Å². The van der Waals surface area contributed by atoms with E-state index in [9.17, 15) is 19.5 Å². The monoisotopic (exact) mass is 532 g/mol. The maximum atomic E-state index is 11.9. The summed E-state index contributed by atoms with van der Waals surface area (Å²) in [5, 5.41) is 10.5. The quantitative estimate of drug-likeness (QED) is 0.175. The van der Waals surface area contributed by atoms with Crippen LogP contribution in [0.2, 0.25) is 0 Å². The summed E-state index contributed by atoms with van der Waals surface area (Å²) in [4.78, 5) is 34.4. The predicted molar refractivity (Wildman–Crippen MR) is 151 cm³/mol. The predicted octanol–water partition coefficient (Wildman–Crippen LogP) is 7.96. The summed E-state index contributed by atoms with van der Waals surface area (Å²) in [6.07, 6.45) is 19.1. The molecule has 1 unspecified atom stereocenters. The molecular formula is C33H56O5. The Morgan fingerprint density at radius 2 is 1.39 bits per heavy atom. The third kappa shape index (κ3) is 7.49. The van der Waals surface area contributed by atoms with Crippen LogP contribution in [0.1, 0.15) is 150 Å². The number of Topliss-reactive ketones (excluding diaryl/α,β-unsaturated/α-hetero) is 1. The summed E-state index contributed by atoms with van der Waals surface area (Å²) in [6, 6.07) is 0. The first-order valence-corrected chi connectivity index (χ1v) is 16.1. The molecule has 1 N–H and O–H groups in total. The standard InChI is InChI=1S/C19H30O2.C14H26O3/c1-18-9-7-13(20)11-12(18)3-4-14-15-5-6-17(21)19(15,2)10-8-16(14)18;1-3-5-7-9-11-13(15)17-14(16)12-10-8-6-4-2/h12,14-17,21H,3-11H2,1-2H3;3-12H2,1-2H3/t12?,14-,15-,16-,17-,18-,19-;/m0./s1. The molecule has 5 nitrogen and oxygen atoms in total. The third-order valence-electron chi connectivity index (χ3n) is 11.1. The molecule has 4 saturated carbocycles. The Hall–Kier alpha value is -1.23. The molecule has 4 aliphatic carbocycles. The van der Waals surface area contributed by atoms with E-state index in [0.29, 0.717) is 30.0 Å². The van der Waals surface area contributed by atoms with Crippen molar-refractivity contribution in [3.63, 3.8) is 0 Å². The molecule has 4 aliphatic rings. The highest BCUT2D eigenvalue weighted by molar-refractivity contribution is 5.85. The zero-order chi connectivity index (χ0) is 27.8. The average Bonchev–Trinajstić information content (AvgIpc) is 3.19. The summed E-state index contributed by atoms with van der Waals surface area (Å²) in [5.41, 5.74) is 0.598. The fourth-order valence-electron chi connectivity index (χ4n) is 8.64. The maximum Gasteiger partial charge on any atom is 0.313 e. The fraction of sp³-hybridized carbons (Fsp3) is 0.909. The Labute approximate surface area is 232 Å². The molecular weight excluding hydrogens is 476 g/mol. The van der Waals surface area contributed by atoms with Gasteiger partial charge in [0.2, 0.25) is 0 Å². The highest BCUT2D eigenvalue weighted by atomic mass is 16.6. The van der Waals surface area contributed by atoms with E-state index < -0.39 is 0 Å². The second-order valence-electron chi connectivity index (χ2n) is 13.5. The van der Waals surface area contributed by atoms with Crippen molar-refractivity contribution in [1.82, 2.24) is 0 Å². The Morgan fingerprint density at radius 1 is 0.789 bits per heavy atom. The smallest absolute Gasteiger partial charge is 0.313 e. The number of hydrogen-bond acceptors (Lipinski definition) is 5. The van der Waals surface area contributed by atoms with E-state index >= 15 is 0 Å². The molecule has 0 heterocycles. The molecule has 4 rings (SSSR count). The topological polar surface area (TPSA) is 80.7 Å². The highest BCUT2D eigenvalue weighted by Crippen LogP contribution is 2.65. The van der Waals surface area contributed by atoms with E-state index in [0.717, 1.165) is 94.8 Å². The number of rotatable bonds is 10. The van der Waals surface area contributed by atoms with Gasteiger partial charge >= 0.3 is 11.9 Å². The van der Waals surface area contributed by atoms with Crippen molar-refractivity contribution < 1.29 is 24.2 Å². The van der Waals surface area contributed by atoms with E-state index in [-0.39, 0.29) is 23.5 Å². The molecule has 5 heteroatoms. The average molecular weight is 533 g/mol. The molecule has 0 radical (unpaired) electrons. The number of aliphatic hydroxyl groups excluding tert-OH is 1. The summed E-state index contributed by atoms with van der Waals surface area (Å²) >= 11 is 0. The molecule has 0 bridgehead atoms. The number of ether oxygens (including phenoxy) is 1. The van der Waals surface area contributed by atoms with Crippen LogP contribution in [0.4, 0.5) is 0 Å². The van der Waals surface area contributed by atoms with E-state index in [1.54, 1.807) is 0 Å². The van der Waals surface area contributed by atoms with Crippen molar-refractivity contribution >= 4 is 17.7 Å². The van der Waals surface area contributed by atoms with Gasteiger partial charge in [-0.3, -0.25) is 14.4 Å². The number of aliphatic hydroxyl groups is 1. The first-order valence-electron chi connectivity index (χ1n) is 16.1. The molecule has 218 valence electrons. The van der Waals surface area contributed by atoms with Crippen molar-refractivity contribution in [2.24, 2.45) is 34.5 Å². The molecule has 0 aliphatic heterocycles. The molecule has 0 saturated heterocycles. The van der Waals surface area contributed by atoms with E-state index in [4.69, 9.17) is 4.74 Å². The van der Waals surface area contributed by atoms with Gasteiger partial charge in [-0.05, 0) is 92.3 Å². The SMILES string of the molecule is CCCCCCC(=O)OC(=O)CCCCCC.C[C@]12CC[C@H]3[C@@H](CCC4CC(=O)CC[C@@]43C)[C@@H]1CC[C@@H]2O. The minimum atomic E-state index is -0.360. The number of hydrogen-bond donors (Lipinski definition) is 1. The van der Waals surface area contributed by atoms with Gasteiger partial charge in [0, 0.05) is 25.7 Å². The van der Waals surface area contributed by atoms with Crippen LogP contribution in [-0.2, 0) is 19.1 Å². The highest BCUT2D eigenvalue weighted by Gasteiger charge is 2.59. The van der Waals surface area contributed by atoms with Crippen LogP contribution in [-0.4, -0.2) is 28.9 Å². The molecule has 4 fully saturated rings. The summed E-state index contributed by atoms with van der Waals surface area (Å²) in [5.74, 6) is 2.80. The second-order valence-corrected chi connectivity index (χ2v) is 13.5. The van der Waals surface area contributed by atoms with Gasteiger partial charge in [-0.15, -0.1) is 0 Å². The van der Waals surface area contributed by atoms with Crippen LogP contribution in [0.5, 0.6) is 0 Å². The molecule has 38 heavy (non-hydrogen) atoms. The van der Waals surface area contributed by atoms with E-state index in [1.165, 1.54) is 32.1 Å². The van der Waals surface area contributed by atoms with E-state index in [2.05, 4.69) is 27.7 Å². The lowest BCUT2D eigenvalue weighted by Gasteiger charge is -2.60. The fourth-order valence-corrected chi connectivity index (χ4v) is 8.64. The number of carbonyl (C=O) groups is 3. The molecule has 7 atom stereocenters. The Balaban J connectivity index is 0.000000217. The van der Waals surface area contributed by atoms with Crippen LogP contribution in [0, 0.1) is 34.5 Å². The van der Waals surface area contributed by atoms with Crippen molar-refractivity contribution in [3.05, 3.63) is 0 Å². The van der Waals surface area contributed by atoms with Crippen molar-refractivity contribution in [2.75, 3.05) is 0 Å². The first-order chi connectivity index (χ1) is 18.2. The molecule has 0 aromatic rings. The van der Waals surface area contributed by atoms with Crippen LogP contribution in [0.25, 0.3) is 0 Å². The molecule has 0 amide bonds. The normalized spacial score (nSPS) is 35.8. The number of fused-ring (bicyclic) bond motifs is 5. The second kappa shape index (κ2) is 14.4. The van der Waals surface area contributed by atoms with Crippen molar-refractivity contribution in [1.29, 1.82) is 0 Å². The van der Waals surface area contributed by atoms with Crippen molar-refractivity contribution in [2.45, 2.75) is 156 Å². The van der Waals surface area contributed by atoms with E-state index in [1.807, 2.05) is 0 Å². The zero-order valence-corrected chi connectivity index (χ0v) is 24.9. The number of unbranched alkanes of at least 4 members (excludes halogenated alkanes) is 6. The largest absolute Gasteiger partial charge is 0.393 e. The van der Waals surface area contributed by atoms with Gasteiger partial charge in [-0.2, -0.15) is 0 Å². The Kier molecular flexibility index (Phi) is 11.9. The van der Waals surface area contributed by atoms with Gasteiger partial charge in [-0.1, -0.05) is 66.2 Å². The number of carbonyl (C=O) groups excluding carboxylic acids is 3. The molecule has 0 aromatic carbocycles. The van der Waals surface area contributed by atoms with Gasteiger partial charge in [0.25, 0.3) is 0 Å². The molecule has 0 spiro atoms. The lowest BCUT2D eigenvalue weighted by atomic mass is 9.45.